The van der Waals surface area contributed by atoms with E-state index in [1.165, 1.54) is 5.69 Å². The number of aryl methyl sites for hydroxylation is 3. The lowest BCUT2D eigenvalue weighted by molar-refractivity contribution is 0.763. The molecule has 0 aromatic carbocycles. The summed E-state index contributed by atoms with van der Waals surface area (Å²) in [5, 5.41) is 4.57. The van der Waals surface area contributed by atoms with Crippen molar-refractivity contribution in [1.29, 1.82) is 0 Å². The maximum Gasteiger partial charge on any atom is 0.157 e. The molecule has 0 aliphatic rings. The van der Waals surface area contributed by atoms with Crippen molar-refractivity contribution in [3.8, 4) is 5.82 Å². The molecule has 0 atom stereocenters. The molecule has 2 heterocycles. The van der Waals surface area contributed by atoms with Crippen LogP contribution < -0.4 is 0 Å². The lowest BCUT2D eigenvalue weighted by atomic mass is 10.2. The minimum absolute atomic E-state index is 0.869. The van der Waals surface area contributed by atoms with Crippen molar-refractivity contribution in [1.82, 2.24) is 19.7 Å². The predicted octanol–water partition coefficient (Wildman–Crippen LogP) is 2.35. The molecule has 0 saturated heterocycles. The van der Waals surface area contributed by atoms with Crippen LogP contribution >= 0.6 is 0 Å². The second-order valence-corrected chi connectivity index (χ2v) is 3.97. The van der Waals surface area contributed by atoms with Crippen LogP contribution in [0.4, 0.5) is 0 Å². The van der Waals surface area contributed by atoms with Crippen LogP contribution in [0.25, 0.3) is 5.82 Å². The smallest absolute Gasteiger partial charge is 0.157 e. The van der Waals surface area contributed by atoms with Gasteiger partial charge in [0.1, 0.15) is 6.33 Å². The summed E-state index contributed by atoms with van der Waals surface area (Å²) < 4.78 is 1.93. The summed E-state index contributed by atoms with van der Waals surface area (Å²) in [6.45, 7) is 6.34. The van der Waals surface area contributed by atoms with Crippen LogP contribution in [0, 0.1) is 0 Å². The van der Waals surface area contributed by atoms with Crippen molar-refractivity contribution >= 4 is 0 Å². The van der Waals surface area contributed by atoms with Crippen molar-refractivity contribution in [2.75, 3.05) is 0 Å². The van der Waals surface area contributed by atoms with Gasteiger partial charge in [-0.3, -0.25) is 0 Å². The SMILES string of the molecule is CCc1cc(-n2nc(CC)cc2CC)ncn1. The third kappa shape index (κ3) is 2.35. The molecular formula is C13H18N4. The molecule has 0 bridgehead atoms. The monoisotopic (exact) mass is 230 g/mol. The first kappa shape index (κ1) is 11.8. The van der Waals surface area contributed by atoms with Gasteiger partial charge in [0.2, 0.25) is 0 Å². The highest BCUT2D eigenvalue weighted by Crippen LogP contribution is 2.12. The fourth-order valence-corrected chi connectivity index (χ4v) is 1.79. The Morgan fingerprint density at radius 1 is 0.941 bits per heavy atom. The zero-order valence-corrected chi connectivity index (χ0v) is 10.6. The third-order valence-corrected chi connectivity index (χ3v) is 2.85. The summed E-state index contributed by atoms with van der Waals surface area (Å²) in [5.74, 6) is 0.869. The summed E-state index contributed by atoms with van der Waals surface area (Å²) in [6, 6.07) is 4.15. The van der Waals surface area contributed by atoms with E-state index in [1.54, 1.807) is 6.33 Å². The quantitative estimate of drug-likeness (QED) is 0.809. The molecule has 2 rings (SSSR count). The van der Waals surface area contributed by atoms with Gasteiger partial charge in [-0.25, -0.2) is 14.6 Å². The second kappa shape index (κ2) is 5.08. The second-order valence-electron chi connectivity index (χ2n) is 3.97. The van der Waals surface area contributed by atoms with Crippen molar-refractivity contribution < 1.29 is 0 Å². The highest BCUT2D eigenvalue weighted by Gasteiger charge is 2.08. The van der Waals surface area contributed by atoms with Gasteiger partial charge < -0.3 is 0 Å². The largest absolute Gasteiger partial charge is 0.241 e. The number of nitrogens with zero attached hydrogens (tertiary/aromatic N) is 4. The Morgan fingerprint density at radius 2 is 1.71 bits per heavy atom. The van der Waals surface area contributed by atoms with E-state index >= 15 is 0 Å². The standard InChI is InChI=1S/C13H18N4/c1-4-10-8-13(15-9-14-10)17-12(6-3)7-11(5-2)16-17/h7-9H,4-6H2,1-3H3. The molecule has 4 nitrogen and oxygen atoms in total. The Balaban J connectivity index is 2.47. The van der Waals surface area contributed by atoms with E-state index in [9.17, 15) is 0 Å². The van der Waals surface area contributed by atoms with Gasteiger partial charge in [0, 0.05) is 17.5 Å². The first-order valence-electron chi connectivity index (χ1n) is 6.17. The molecule has 0 radical (unpaired) electrons. The summed E-state index contributed by atoms with van der Waals surface area (Å²) in [4.78, 5) is 8.52. The number of aromatic nitrogens is 4. The maximum absolute atomic E-state index is 4.57. The Labute approximate surface area is 102 Å². The van der Waals surface area contributed by atoms with E-state index in [0.29, 0.717) is 0 Å². The molecule has 90 valence electrons. The fraction of sp³-hybridized carbons (Fsp3) is 0.462. The normalized spacial score (nSPS) is 10.8. The highest BCUT2D eigenvalue weighted by atomic mass is 15.3. The zero-order chi connectivity index (χ0) is 12.3. The van der Waals surface area contributed by atoms with E-state index in [-0.39, 0.29) is 0 Å². The summed E-state index contributed by atoms with van der Waals surface area (Å²) in [7, 11) is 0. The van der Waals surface area contributed by atoms with E-state index in [0.717, 1.165) is 36.5 Å². The van der Waals surface area contributed by atoms with E-state index in [4.69, 9.17) is 0 Å². The Hall–Kier alpha value is -1.71. The molecule has 0 spiro atoms. The first-order valence-corrected chi connectivity index (χ1v) is 6.17. The Bertz CT molecular complexity index is 502. The van der Waals surface area contributed by atoms with Crippen LogP contribution in [0.15, 0.2) is 18.5 Å². The average Bonchev–Trinajstić information content (AvgIpc) is 2.82. The van der Waals surface area contributed by atoms with E-state index < -0.39 is 0 Å². The van der Waals surface area contributed by atoms with Crippen molar-refractivity contribution in [2.45, 2.75) is 40.0 Å². The highest BCUT2D eigenvalue weighted by molar-refractivity contribution is 5.27. The van der Waals surface area contributed by atoms with Gasteiger partial charge in [-0.05, 0) is 25.3 Å². The minimum atomic E-state index is 0.869. The van der Waals surface area contributed by atoms with Gasteiger partial charge in [-0.2, -0.15) is 5.10 Å². The van der Waals surface area contributed by atoms with Crippen LogP contribution in [-0.4, -0.2) is 19.7 Å². The van der Waals surface area contributed by atoms with Crippen LogP contribution in [0.2, 0.25) is 0 Å². The molecule has 0 aliphatic heterocycles. The van der Waals surface area contributed by atoms with Gasteiger partial charge in [0.25, 0.3) is 0 Å². The maximum atomic E-state index is 4.57. The van der Waals surface area contributed by atoms with Gasteiger partial charge in [-0.1, -0.05) is 20.8 Å². The summed E-state index contributed by atoms with van der Waals surface area (Å²) in [5.41, 5.74) is 3.35. The number of rotatable bonds is 4. The van der Waals surface area contributed by atoms with E-state index in [2.05, 4.69) is 41.9 Å². The minimum Gasteiger partial charge on any atom is -0.241 e. The van der Waals surface area contributed by atoms with Gasteiger partial charge in [0.15, 0.2) is 5.82 Å². The molecule has 0 aliphatic carbocycles. The molecule has 0 unspecified atom stereocenters. The molecule has 0 N–H and O–H groups in total. The van der Waals surface area contributed by atoms with Gasteiger partial charge >= 0.3 is 0 Å². The lowest BCUT2D eigenvalue weighted by Crippen LogP contribution is -2.05. The molecule has 2 aromatic rings. The first-order chi connectivity index (χ1) is 8.28. The average molecular weight is 230 g/mol. The van der Waals surface area contributed by atoms with Gasteiger partial charge in [0.05, 0.1) is 5.69 Å². The number of hydrogen-bond acceptors (Lipinski definition) is 3. The summed E-state index contributed by atoms with van der Waals surface area (Å²) in [6.07, 6.45) is 4.43. The zero-order valence-electron chi connectivity index (χ0n) is 10.6. The molecule has 17 heavy (non-hydrogen) atoms. The molecule has 0 amide bonds. The Kier molecular flexibility index (Phi) is 3.52. The molecule has 4 heteroatoms. The fourth-order valence-electron chi connectivity index (χ4n) is 1.79. The van der Waals surface area contributed by atoms with Crippen LogP contribution in [0.3, 0.4) is 0 Å². The molecule has 2 aromatic heterocycles. The van der Waals surface area contributed by atoms with E-state index in [1.807, 2.05) is 10.7 Å². The van der Waals surface area contributed by atoms with Crippen molar-refractivity contribution in [3.05, 3.63) is 35.5 Å². The number of hydrogen-bond donors (Lipinski definition) is 0. The third-order valence-electron chi connectivity index (χ3n) is 2.85. The summed E-state index contributed by atoms with van der Waals surface area (Å²) >= 11 is 0. The molecule has 0 fully saturated rings. The Morgan fingerprint density at radius 3 is 2.35 bits per heavy atom. The van der Waals surface area contributed by atoms with Crippen molar-refractivity contribution in [3.63, 3.8) is 0 Å². The van der Waals surface area contributed by atoms with Crippen LogP contribution in [-0.2, 0) is 19.3 Å². The topological polar surface area (TPSA) is 43.6 Å². The molecule has 0 saturated carbocycles. The molecular weight excluding hydrogens is 212 g/mol. The lowest BCUT2D eigenvalue weighted by Gasteiger charge is -2.05. The van der Waals surface area contributed by atoms with Crippen LogP contribution in [0.1, 0.15) is 37.9 Å². The van der Waals surface area contributed by atoms with Crippen molar-refractivity contribution in [2.24, 2.45) is 0 Å². The van der Waals surface area contributed by atoms with Crippen LogP contribution in [0.5, 0.6) is 0 Å². The predicted molar refractivity (Wildman–Crippen MR) is 67.3 cm³/mol. The van der Waals surface area contributed by atoms with Gasteiger partial charge in [-0.15, -0.1) is 0 Å².